The number of aromatic nitrogens is 1. The number of hydrogen-bond acceptors (Lipinski definition) is 4. The van der Waals surface area contributed by atoms with Gasteiger partial charge in [0.2, 0.25) is 0 Å². The Morgan fingerprint density at radius 1 is 1.36 bits per heavy atom. The Balaban J connectivity index is 1.84. The third-order valence-electron chi connectivity index (χ3n) is 4.29. The van der Waals surface area contributed by atoms with Crippen LogP contribution in [0.15, 0.2) is 47.4 Å². The number of methoxy groups -OCH3 is 1. The molecule has 1 saturated heterocycles. The van der Waals surface area contributed by atoms with Crippen LogP contribution < -0.4 is 10.3 Å². The second-order valence-corrected chi connectivity index (χ2v) is 6.09. The topological polar surface area (TPSA) is 71.6 Å². The molecule has 25 heavy (non-hydrogen) atoms. The molecule has 1 fully saturated rings. The lowest BCUT2D eigenvalue weighted by molar-refractivity contribution is 0.0505. The Morgan fingerprint density at radius 3 is 2.96 bits per heavy atom. The second kappa shape index (κ2) is 7.98. The number of nitrogens with one attached hydrogen (secondary N) is 1. The largest absolute Gasteiger partial charge is 0.497 e. The van der Waals surface area contributed by atoms with Crippen LogP contribution in [-0.2, 0) is 11.3 Å². The van der Waals surface area contributed by atoms with Crippen LogP contribution in [0.5, 0.6) is 5.75 Å². The molecule has 1 aromatic carbocycles. The first-order valence-electron chi connectivity index (χ1n) is 8.39. The molecule has 0 radical (unpaired) electrons. The molecule has 0 aliphatic carbocycles. The Kier molecular flexibility index (Phi) is 5.50. The number of aromatic amines is 1. The summed E-state index contributed by atoms with van der Waals surface area (Å²) in [5, 5.41) is 0. The van der Waals surface area contributed by atoms with Crippen molar-refractivity contribution in [2.45, 2.75) is 25.5 Å². The van der Waals surface area contributed by atoms with Gasteiger partial charge in [-0.05, 0) is 42.7 Å². The molecule has 1 aliphatic heterocycles. The number of carbonyl (C=O) groups is 1. The highest BCUT2D eigenvalue weighted by atomic mass is 16.5. The minimum Gasteiger partial charge on any atom is -0.497 e. The van der Waals surface area contributed by atoms with Crippen LogP contribution in [0.4, 0.5) is 0 Å². The second-order valence-electron chi connectivity index (χ2n) is 6.09. The van der Waals surface area contributed by atoms with Crippen LogP contribution in [0.25, 0.3) is 0 Å². The highest BCUT2D eigenvalue weighted by Gasteiger charge is 2.25. The molecule has 1 N–H and O–H groups in total. The number of ether oxygens (including phenoxy) is 2. The van der Waals surface area contributed by atoms with Gasteiger partial charge in [-0.1, -0.05) is 12.1 Å². The normalized spacial score (nSPS) is 16.6. The Morgan fingerprint density at radius 2 is 2.24 bits per heavy atom. The van der Waals surface area contributed by atoms with E-state index in [0.717, 1.165) is 30.8 Å². The zero-order valence-corrected chi connectivity index (χ0v) is 14.2. The van der Waals surface area contributed by atoms with Gasteiger partial charge in [-0.3, -0.25) is 9.59 Å². The average molecular weight is 342 g/mol. The molecule has 1 aliphatic rings. The molecule has 132 valence electrons. The van der Waals surface area contributed by atoms with Gasteiger partial charge >= 0.3 is 0 Å². The fourth-order valence-electron chi connectivity index (χ4n) is 3.00. The van der Waals surface area contributed by atoms with Gasteiger partial charge in [0.25, 0.3) is 11.5 Å². The average Bonchev–Trinajstić information content (AvgIpc) is 3.14. The zero-order chi connectivity index (χ0) is 17.6. The molecule has 2 aromatic rings. The molecule has 3 rings (SSSR count). The lowest BCUT2D eigenvalue weighted by Crippen LogP contribution is -2.39. The van der Waals surface area contributed by atoms with E-state index in [1.165, 1.54) is 6.20 Å². The van der Waals surface area contributed by atoms with E-state index in [1.807, 2.05) is 24.3 Å². The van der Waals surface area contributed by atoms with E-state index in [9.17, 15) is 9.59 Å². The Bertz CT molecular complexity index is 781. The van der Waals surface area contributed by atoms with Gasteiger partial charge in [-0.2, -0.15) is 0 Å². The van der Waals surface area contributed by atoms with Crippen LogP contribution in [-0.4, -0.2) is 42.2 Å². The SMILES string of the molecule is COc1cccc(CN(C[C@H]2CCCO2)C(=O)c2ccc[nH]c2=O)c1. The van der Waals surface area contributed by atoms with Crippen molar-refractivity contribution >= 4 is 5.91 Å². The number of H-pyrrole nitrogens is 1. The Hall–Kier alpha value is -2.60. The van der Waals surface area contributed by atoms with Gasteiger partial charge in [-0.25, -0.2) is 0 Å². The predicted molar refractivity (Wildman–Crippen MR) is 93.8 cm³/mol. The summed E-state index contributed by atoms with van der Waals surface area (Å²) in [4.78, 5) is 29.2. The molecule has 0 unspecified atom stereocenters. The van der Waals surface area contributed by atoms with Gasteiger partial charge in [0.05, 0.1) is 13.2 Å². The minimum absolute atomic E-state index is 0.0114. The number of nitrogens with zero attached hydrogens (tertiary/aromatic N) is 1. The van der Waals surface area contributed by atoms with Crippen LogP contribution in [0, 0.1) is 0 Å². The van der Waals surface area contributed by atoms with Crippen molar-refractivity contribution in [1.82, 2.24) is 9.88 Å². The van der Waals surface area contributed by atoms with E-state index in [0.29, 0.717) is 13.1 Å². The smallest absolute Gasteiger partial charge is 0.260 e. The van der Waals surface area contributed by atoms with Crippen molar-refractivity contribution in [3.05, 3.63) is 64.1 Å². The maximum Gasteiger partial charge on any atom is 0.260 e. The van der Waals surface area contributed by atoms with E-state index < -0.39 is 0 Å². The van der Waals surface area contributed by atoms with Crippen molar-refractivity contribution in [3.63, 3.8) is 0 Å². The molecule has 0 spiro atoms. The number of rotatable bonds is 6. The highest BCUT2D eigenvalue weighted by molar-refractivity contribution is 5.93. The molecule has 1 aromatic heterocycles. The third-order valence-corrected chi connectivity index (χ3v) is 4.29. The van der Waals surface area contributed by atoms with E-state index >= 15 is 0 Å². The number of benzene rings is 1. The first kappa shape index (κ1) is 17.2. The van der Waals surface area contributed by atoms with E-state index in [1.54, 1.807) is 24.1 Å². The number of hydrogen-bond donors (Lipinski definition) is 1. The first-order valence-corrected chi connectivity index (χ1v) is 8.39. The molecule has 2 heterocycles. The highest BCUT2D eigenvalue weighted by Crippen LogP contribution is 2.19. The van der Waals surface area contributed by atoms with Crippen LogP contribution in [0.3, 0.4) is 0 Å². The molecule has 6 nitrogen and oxygen atoms in total. The van der Waals surface area contributed by atoms with Gasteiger partial charge < -0.3 is 19.4 Å². The van der Waals surface area contributed by atoms with Crippen LogP contribution in [0.2, 0.25) is 0 Å². The Labute approximate surface area is 146 Å². The number of pyridine rings is 1. The van der Waals surface area contributed by atoms with Crippen molar-refractivity contribution in [1.29, 1.82) is 0 Å². The zero-order valence-electron chi connectivity index (χ0n) is 14.2. The van der Waals surface area contributed by atoms with Gasteiger partial charge in [0.15, 0.2) is 0 Å². The minimum atomic E-state index is -0.379. The van der Waals surface area contributed by atoms with Crippen molar-refractivity contribution < 1.29 is 14.3 Å². The van der Waals surface area contributed by atoms with Crippen LogP contribution in [0.1, 0.15) is 28.8 Å². The molecule has 1 atom stereocenters. The van der Waals surface area contributed by atoms with Crippen LogP contribution >= 0.6 is 0 Å². The summed E-state index contributed by atoms with van der Waals surface area (Å²) in [6, 6.07) is 10.8. The lowest BCUT2D eigenvalue weighted by Gasteiger charge is -2.25. The molecule has 6 heteroatoms. The molecule has 1 amide bonds. The summed E-state index contributed by atoms with van der Waals surface area (Å²) >= 11 is 0. The number of carbonyl (C=O) groups excluding carboxylic acids is 1. The van der Waals surface area contributed by atoms with Crippen molar-refractivity contribution in [2.24, 2.45) is 0 Å². The summed E-state index contributed by atoms with van der Waals surface area (Å²) in [6.07, 6.45) is 3.45. The fraction of sp³-hybridized carbons (Fsp3) is 0.368. The molecular formula is C19H22N2O4. The van der Waals surface area contributed by atoms with Gasteiger partial charge in [0.1, 0.15) is 11.3 Å². The lowest BCUT2D eigenvalue weighted by atomic mass is 10.1. The maximum atomic E-state index is 12.9. The summed E-state index contributed by atoms with van der Waals surface area (Å²) in [5.74, 6) is 0.444. The quantitative estimate of drug-likeness (QED) is 0.874. The number of amides is 1. The third kappa shape index (κ3) is 4.28. The summed E-state index contributed by atoms with van der Waals surface area (Å²) < 4.78 is 10.9. The van der Waals surface area contributed by atoms with Crippen molar-refractivity contribution in [2.75, 3.05) is 20.3 Å². The van der Waals surface area contributed by atoms with Gasteiger partial charge in [-0.15, -0.1) is 0 Å². The molecule has 0 saturated carbocycles. The van der Waals surface area contributed by atoms with E-state index in [-0.39, 0.29) is 23.1 Å². The van der Waals surface area contributed by atoms with E-state index in [2.05, 4.69) is 4.98 Å². The summed E-state index contributed by atoms with van der Waals surface area (Å²) in [6.45, 7) is 1.58. The fourth-order valence-corrected chi connectivity index (χ4v) is 3.00. The molecule has 0 bridgehead atoms. The summed E-state index contributed by atoms with van der Waals surface area (Å²) in [5.41, 5.74) is 0.705. The van der Waals surface area contributed by atoms with Gasteiger partial charge in [0, 0.05) is 25.9 Å². The summed E-state index contributed by atoms with van der Waals surface area (Å²) in [7, 11) is 1.61. The van der Waals surface area contributed by atoms with Crippen molar-refractivity contribution in [3.8, 4) is 5.75 Å². The van der Waals surface area contributed by atoms with E-state index in [4.69, 9.17) is 9.47 Å². The standard InChI is InChI=1S/C19H22N2O4/c1-24-15-6-2-5-14(11-15)12-21(13-16-7-4-10-25-16)19(23)17-8-3-9-20-18(17)22/h2-3,5-6,8-9,11,16H,4,7,10,12-13H2,1H3,(H,20,22)/t16-/m1/s1. The molecular weight excluding hydrogens is 320 g/mol. The monoisotopic (exact) mass is 342 g/mol. The maximum absolute atomic E-state index is 12.9. The first-order chi connectivity index (χ1) is 12.2. The predicted octanol–water partition coefficient (Wildman–Crippen LogP) is 2.20.